The summed E-state index contributed by atoms with van der Waals surface area (Å²) < 4.78 is 0.359. The molecule has 3 nitrogen and oxygen atoms in total. The van der Waals surface area contributed by atoms with E-state index >= 15 is 0 Å². The minimum atomic E-state index is -0.0714. The second-order valence-corrected chi connectivity index (χ2v) is 8.17. The lowest BCUT2D eigenvalue weighted by Gasteiger charge is -2.37. The molecule has 2 aliphatic rings. The third kappa shape index (κ3) is 5.17. The SMILES string of the molecule is CSC1(CNC(C)C(=O)NC2CCCCC2)CCCCC1. The molecule has 0 aromatic carbocycles. The van der Waals surface area contributed by atoms with Crippen LogP contribution >= 0.6 is 11.8 Å². The molecule has 2 N–H and O–H groups in total. The second-order valence-electron chi connectivity index (χ2n) is 6.89. The largest absolute Gasteiger partial charge is 0.352 e. The van der Waals surface area contributed by atoms with E-state index in [9.17, 15) is 4.79 Å². The summed E-state index contributed by atoms with van der Waals surface area (Å²) >= 11 is 1.99. The van der Waals surface area contributed by atoms with Crippen LogP contribution in [0.3, 0.4) is 0 Å². The summed E-state index contributed by atoms with van der Waals surface area (Å²) in [6.07, 6.45) is 15.0. The molecule has 1 amide bonds. The number of amides is 1. The van der Waals surface area contributed by atoms with Crippen molar-refractivity contribution in [3.05, 3.63) is 0 Å². The highest BCUT2D eigenvalue weighted by atomic mass is 32.2. The average Bonchev–Trinajstić information content (AvgIpc) is 2.54. The van der Waals surface area contributed by atoms with Gasteiger partial charge in [-0.25, -0.2) is 0 Å². The van der Waals surface area contributed by atoms with Crippen molar-refractivity contribution in [3.8, 4) is 0 Å². The van der Waals surface area contributed by atoms with Gasteiger partial charge < -0.3 is 10.6 Å². The third-order valence-corrected chi connectivity index (χ3v) is 6.69. The van der Waals surface area contributed by atoms with Crippen molar-refractivity contribution in [2.24, 2.45) is 0 Å². The molecule has 2 saturated carbocycles. The number of carbonyl (C=O) groups is 1. The minimum Gasteiger partial charge on any atom is -0.352 e. The zero-order chi connectivity index (χ0) is 15.1. The Morgan fingerprint density at radius 2 is 1.76 bits per heavy atom. The predicted octanol–water partition coefficient (Wildman–Crippen LogP) is 3.48. The molecule has 1 unspecified atom stereocenters. The van der Waals surface area contributed by atoms with Crippen LogP contribution in [0.2, 0.25) is 0 Å². The molecular formula is C17H32N2OS. The molecule has 0 bridgehead atoms. The molecular weight excluding hydrogens is 280 g/mol. The maximum atomic E-state index is 12.3. The lowest BCUT2D eigenvalue weighted by molar-refractivity contribution is -0.123. The fourth-order valence-electron chi connectivity index (χ4n) is 3.65. The summed E-state index contributed by atoms with van der Waals surface area (Å²) in [5, 5.41) is 6.73. The Morgan fingerprint density at radius 3 is 2.38 bits per heavy atom. The standard InChI is InChI=1S/C17H32N2OS/c1-14(16(20)19-15-9-5-3-6-10-15)18-13-17(21-2)11-7-4-8-12-17/h14-15,18H,3-13H2,1-2H3,(H,19,20). The molecule has 0 saturated heterocycles. The van der Waals surface area contributed by atoms with Crippen LogP contribution in [-0.4, -0.2) is 35.5 Å². The summed E-state index contributed by atoms with van der Waals surface area (Å²) in [5.41, 5.74) is 0. The molecule has 4 heteroatoms. The van der Waals surface area contributed by atoms with Crippen molar-refractivity contribution >= 4 is 17.7 Å². The van der Waals surface area contributed by atoms with E-state index in [0.717, 1.165) is 19.4 Å². The van der Waals surface area contributed by atoms with E-state index in [1.54, 1.807) is 0 Å². The van der Waals surface area contributed by atoms with Gasteiger partial charge in [-0.2, -0.15) is 11.8 Å². The minimum absolute atomic E-state index is 0.0714. The van der Waals surface area contributed by atoms with Crippen LogP contribution in [-0.2, 0) is 4.79 Å². The van der Waals surface area contributed by atoms with E-state index in [1.807, 2.05) is 18.7 Å². The Morgan fingerprint density at radius 1 is 1.14 bits per heavy atom. The Hall–Kier alpha value is -0.220. The average molecular weight is 313 g/mol. The quantitative estimate of drug-likeness (QED) is 0.789. The van der Waals surface area contributed by atoms with Gasteiger partial charge in [-0.1, -0.05) is 38.5 Å². The van der Waals surface area contributed by atoms with Gasteiger partial charge in [0.05, 0.1) is 6.04 Å². The van der Waals surface area contributed by atoms with Crippen molar-refractivity contribution in [2.75, 3.05) is 12.8 Å². The first kappa shape index (κ1) is 17.1. The van der Waals surface area contributed by atoms with Crippen molar-refractivity contribution < 1.29 is 4.79 Å². The van der Waals surface area contributed by atoms with E-state index in [1.165, 1.54) is 51.4 Å². The highest BCUT2D eigenvalue weighted by Gasteiger charge is 2.32. The van der Waals surface area contributed by atoms with E-state index in [0.29, 0.717) is 10.8 Å². The molecule has 1 atom stereocenters. The van der Waals surface area contributed by atoms with Crippen molar-refractivity contribution in [3.63, 3.8) is 0 Å². The Labute approximate surface area is 134 Å². The maximum absolute atomic E-state index is 12.3. The zero-order valence-corrected chi connectivity index (χ0v) is 14.6. The number of hydrogen-bond acceptors (Lipinski definition) is 3. The predicted molar refractivity (Wildman–Crippen MR) is 91.8 cm³/mol. The number of rotatable bonds is 6. The van der Waals surface area contributed by atoms with Gasteiger partial charge in [-0.15, -0.1) is 0 Å². The molecule has 2 rings (SSSR count). The molecule has 0 heterocycles. The lowest BCUT2D eigenvalue weighted by Crippen LogP contribution is -2.50. The smallest absolute Gasteiger partial charge is 0.237 e. The Kier molecular flexibility index (Phi) is 6.87. The first-order valence-corrected chi connectivity index (χ1v) is 9.97. The van der Waals surface area contributed by atoms with Gasteiger partial charge in [-0.05, 0) is 38.9 Å². The van der Waals surface area contributed by atoms with Crippen LogP contribution < -0.4 is 10.6 Å². The normalized spacial score (nSPS) is 24.5. The summed E-state index contributed by atoms with van der Waals surface area (Å²) in [5.74, 6) is 0.189. The maximum Gasteiger partial charge on any atom is 0.237 e. The van der Waals surface area contributed by atoms with Gasteiger partial charge in [0.15, 0.2) is 0 Å². The highest BCUT2D eigenvalue weighted by molar-refractivity contribution is 8.00. The van der Waals surface area contributed by atoms with E-state index in [-0.39, 0.29) is 11.9 Å². The zero-order valence-electron chi connectivity index (χ0n) is 13.7. The van der Waals surface area contributed by atoms with Gasteiger partial charge in [0.1, 0.15) is 0 Å². The Bertz CT molecular complexity index is 323. The summed E-state index contributed by atoms with van der Waals surface area (Å²) in [7, 11) is 0. The summed E-state index contributed by atoms with van der Waals surface area (Å²) in [4.78, 5) is 12.3. The monoisotopic (exact) mass is 312 g/mol. The van der Waals surface area contributed by atoms with Crippen LogP contribution in [0.25, 0.3) is 0 Å². The van der Waals surface area contributed by atoms with Gasteiger partial charge in [0, 0.05) is 17.3 Å². The number of nitrogens with one attached hydrogen (secondary N) is 2. The third-order valence-electron chi connectivity index (χ3n) is 5.27. The number of hydrogen-bond donors (Lipinski definition) is 2. The van der Waals surface area contributed by atoms with Crippen molar-refractivity contribution in [2.45, 2.75) is 88.0 Å². The van der Waals surface area contributed by atoms with E-state index in [2.05, 4.69) is 16.9 Å². The number of carbonyl (C=O) groups excluding carboxylic acids is 1. The van der Waals surface area contributed by atoms with Crippen LogP contribution in [0.15, 0.2) is 0 Å². The van der Waals surface area contributed by atoms with Crippen LogP contribution in [0.1, 0.15) is 71.1 Å². The van der Waals surface area contributed by atoms with Gasteiger partial charge in [0.2, 0.25) is 5.91 Å². The summed E-state index contributed by atoms with van der Waals surface area (Å²) in [6, 6.07) is 0.345. The molecule has 0 aromatic rings. The van der Waals surface area contributed by atoms with Gasteiger partial charge in [-0.3, -0.25) is 4.79 Å². The van der Waals surface area contributed by atoms with Crippen LogP contribution in [0.4, 0.5) is 0 Å². The van der Waals surface area contributed by atoms with E-state index < -0.39 is 0 Å². The topological polar surface area (TPSA) is 41.1 Å². The summed E-state index contributed by atoms with van der Waals surface area (Å²) in [6.45, 7) is 2.97. The van der Waals surface area contributed by atoms with E-state index in [4.69, 9.17) is 0 Å². The van der Waals surface area contributed by atoms with Gasteiger partial charge >= 0.3 is 0 Å². The molecule has 0 aliphatic heterocycles. The molecule has 2 fully saturated rings. The lowest BCUT2D eigenvalue weighted by atomic mass is 9.88. The van der Waals surface area contributed by atoms with Gasteiger partial charge in [0.25, 0.3) is 0 Å². The molecule has 122 valence electrons. The highest BCUT2D eigenvalue weighted by Crippen LogP contribution is 2.38. The van der Waals surface area contributed by atoms with Crippen molar-refractivity contribution in [1.82, 2.24) is 10.6 Å². The molecule has 0 aromatic heterocycles. The van der Waals surface area contributed by atoms with Crippen molar-refractivity contribution in [1.29, 1.82) is 0 Å². The molecule has 0 spiro atoms. The van der Waals surface area contributed by atoms with Crippen LogP contribution in [0, 0.1) is 0 Å². The Balaban J connectivity index is 1.74. The first-order chi connectivity index (χ1) is 10.2. The molecule has 0 radical (unpaired) electrons. The molecule has 2 aliphatic carbocycles. The van der Waals surface area contributed by atoms with Crippen LogP contribution in [0.5, 0.6) is 0 Å². The molecule has 21 heavy (non-hydrogen) atoms. The number of thioether (sulfide) groups is 1. The fourth-order valence-corrected chi connectivity index (χ4v) is 4.58. The first-order valence-electron chi connectivity index (χ1n) is 8.74. The fraction of sp³-hybridized carbons (Fsp3) is 0.941. The second kappa shape index (κ2) is 8.42.